The zero-order chi connectivity index (χ0) is 13.0. The summed E-state index contributed by atoms with van der Waals surface area (Å²) in [6, 6.07) is 7.74. The van der Waals surface area contributed by atoms with Crippen LogP contribution in [0.25, 0.3) is 0 Å². The molecule has 1 aliphatic heterocycles. The Morgan fingerprint density at radius 3 is 2.67 bits per heavy atom. The summed E-state index contributed by atoms with van der Waals surface area (Å²) in [5.74, 6) is 5.71. The second kappa shape index (κ2) is 5.98. The number of nitrogens with two attached hydrogens (primary N) is 1. The molecule has 18 heavy (non-hydrogen) atoms. The molecule has 1 saturated heterocycles. The van der Waals surface area contributed by atoms with Crippen LogP contribution >= 0.6 is 0 Å². The summed E-state index contributed by atoms with van der Waals surface area (Å²) in [4.78, 5) is 19.0. The fourth-order valence-corrected chi connectivity index (χ4v) is 2.42. The van der Waals surface area contributed by atoms with Gasteiger partial charge in [0.1, 0.15) is 0 Å². The molecule has 1 aromatic rings. The average Bonchev–Trinajstić information content (AvgIpc) is 2.40. The van der Waals surface area contributed by atoms with Gasteiger partial charge in [-0.3, -0.25) is 4.79 Å². The van der Waals surface area contributed by atoms with Crippen molar-refractivity contribution >= 4 is 5.91 Å². The van der Waals surface area contributed by atoms with Crippen LogP contribution in [0.2, 0.25) is 0 Å². The lowest BCUT2D eigenvalue weighted by Gasteiger charge is -2.31. The first-order chi connectivity index (χ1) is 8.72. The summed E-state index contributed by atoms with van der Waals surface area (Å²) in [7, 11) is 0. The van der Waals surface area contributed by atoms with Gasteiger partial charge in [0.05, 0.1) is 6.61 Å². The predicted octanol–water partition coefficient (Wildman–Crippen LogP) is 1.74. The maximum Gasteiger partial charge on any atom is 0.254 e. The molecule has 0 aromatic heterocycles. The minimum atomic E-state index is 0.139. The molecule has 2 N–H and O–H groups in total. The number of rotatable bonds is 3. The van der Waals surface area contributed by atoms with Crippen LogP contribution in [0.4, 0.5) is 0 Å². The van der Waals surface area contributed by atoms with Gasteiger partial charge in [-0.2, -0.15) is 0 Å². The molecule has 0 spiro atoms. The van der Waals surface area contributed by atoms with Crippen molar-refractivity contribution in [3.05, 3.63) is 35.4 Å². The number of hydrogen-bond donors (Lipinski definition) is 1. The summed E-state index contributed by atoms with van der Waals surface area (Å²) in [6.07, 6.45) is 1.93. The molecule has 1 heterocycles. The van der Waals surface area contributed by atoms with Crippen LogP contribution in [-0.4, -0.2) is 30.5 Å². The third-order valence-corrected chi connectivity index (χ3v) is 3.61. The van der Waals surface area contributed by atoms with Crippen molar-refractivity contribution in [1.29, 1.82) is 0 Å². The van der Waals surface area contributed by atoms with Gasteiger partial charge in [0.25, 0.3) is 5.91 Å². The van der Waals surface area contributed by atoms with E-state index in [1.807, 2.05) is 36.1 Å². The summed E-state index contributed by atoms with van der Waals surface area (Å²) >= 11 is 0. The monoisotopic (exact) mass is 248 g/mol. The minimum absolute atomic E-state index is 0.139. The molecule has 4 heteroatoms. The van der Waals surface area contributed by atoms with E-state index in [2.05, 4.69) is 4.84 Å². The quantitative estimate of drug-likeness (QED) is 0.829. The highest BCUT2D eigenvalue weighted by Gasteiger charge is 2.24. The third kappa shape index (κ3) is 2.89. The largest absolute Gasteiger partial charge is 0.339 e. The van der Waals surface area contributed by atoms with Crippen molar-refractivity contribution in [1.82, 2.24) is 4.90 Å². The Labute approximate surface area is 108 Å². The lowest BCUT2D eigenvalue weighted by molar-refractivity contribution is 0.0525. The molecule has 1 amide bonds. The standard InChI is InChI=1S/C14H20N2O2/c1-11-4-2-3-5-13(11)14(17)16-8-6-12(7-9-16)10-18-15/h2-5,12H,6-10,15H2,1H3. The van der Waals surface area contributed by atoms with E-state index in [9.17, 15) is 4.79 Å². The van der Waals surface area contributed by atoms with E-state index in [1.165, 1.54) is 0 Å². The van der Waals surface area contributed by atoms with Crippen LogP contribution in [0.5, 0.6) is 0 Å². The molecule has 0 bridgehead atoms. The maximum atomic E-state index is 12.4. The smallest absolute Gasteiger partial charge is 0.254 e. The zero-order valence-electron chi connectivity index (χ0n) is 10.8. The molecule has 0 radical (unpaired) electrons. The Morgan fingerprint density at radius 2 is 2.06 bits per heavy atom. The SMILES string of the molecule is Cc1ccccc1C(=O)N1CCC(CON)CC1. The number of amides is 1. The summed E-state index contributed by atoms with van der Waals surface area (Å²) in [6.45, 7) is 4.15. The molecule has 0 atom stereocenters. The van der Waals surface area contributed by atoms with Crippen LogP contribution in [0, 0.1) is 12.8 Å². The number of likely N-dealkylation sites (tertiary alicyclic amines) is 1. The van der Waals surface area contributed by atoms with Crippen molar-refractivity contribution < 1.29 is 9.63 Å². The Balaban J connectivity index is 1.98. The van der Waals surface area contributed by atoms with E-state index in [0.29, 0.717) is 12.5 Å². The van der Waals surface area contributed by atoms with Crippen LogP contribution in [-0.2, 0) is 4.84 Å². The maximum absolute atomic E-state index is 12.4. The molecular formula is C14H20N2O2. The van der Waals surface area contributed by atoms with Gasteiger partial charge in [-0.15, -0.1) is 0 Å². The predicted molar refractivity (Wildman–Crippen MR) is 69.9 cm³/mol. The van der Waals surface area contributed by atoms with E-state index in [4.69, 9.17) is 5.90 Å². The molecule has 1 aliphatic rings. The van der Waals surface area contributed by atoms with Gasteiger partial charge in [0, 0.05) is 18.7 Å². The van der Waals surface area contributed by atoms with Crippen LogP contribution in [0.15, 0.2) is 24.3 Å². The van der Waals surface area contributed by atoms with E-state index in [-0.39, 0.29) is 5.91 Å². The molecule has 0 saturated carbocycles. The van der Waals surface area contributed by atoms with E-state index in [0.717, 1.165) is 37.1 Å². The Kier molecular flexibility index (Phi) is 4.33. The number of nitrogens with zero attached hydrogens (tertiary/aromatic N) is 1. The Hall–Kier alpha value is -1.39. The highest BCUT2D eigenvalue weighted by Crippen LogP contribution is 2.20. The van der Waals surface area contributed by atoms with Crippen LogP contribution < -0.4 is 5.90 Å². The van der Waals surface area contributed by atoms with Crippen molar-refractivity contribution in [2.45, 2.75) is 19.8 Å². The number of carbonyl (C=O) groups is 1. The first-order valence-electron chi connectivity index (χ1n) is 6.39. The van der Waals surface area contributed by atoms with Gasteiger partial charge in [0.15, 0.2) is 0 Å². The van der Waals surface area contributed by atoms with Crippen molar-refractivity contribution in [3.8, 4) is 0 Å². The second-order valence-electron chi connectivity index (χ2n) is 4.88. The summed E-state index contributed by atoms with van der Waals surface area (Å²) < 4.78 is 0. The summed E-state index contributed by atoms with van der Waals surface area (Å²) in [5, 5.41) is 0. The lowest BCUT2D eigenvalue weighted by Crippen LogP contribution is -2.39. The van der Waals surface area contributed by atoms with E-state index >= 15 is 0 Å². The fourth-order valence-electron chi connectivity index (χ4n) is 2.42. The average molecular weight is 248 g/mol. The third-order valence-electron chi connectivity index (χ3n) is 3.61. The van der Waals surface area contributed by atoms with Crippen LogP contribution in [0.1, 0.15) is 28.8 Å². The number of hydrogen-bond acceptors (Lipinski definition) is 3. The highest BCUT2D eigenvalue weighted by atomic mass is 16.6. The Morgan fingerprint density at radius 1 is 1.39 bits per heavy atom. The second-order valence-corrected chi connectivity index (χ2v) is 4.88. The van der Waals surface area contributed by atoms with Gasteiger partial charge in [-0.1, -0.05) is 18.2 Å². The van der Waals surface area contributed by atoms with E-state index < -0.39 is 0 Å². The normalized spacial score (nSPS) is 16.9. The van der Waals surface area contributed by atoms with Crippen molar-refractivity contribution in [3.63, 3.8) is 0 Å². The molecule has 0 unspecified atom stereocenters. The summed E-state index contributed by atoms with van der Waals surface area (Å²) in [5.41, 5.74) is 1.85. The van der Waals surface area contributed by atoms with Crippen molar-refractivity contribution in [2.75, 3.05) is 19.7 Å². The number of carbonyl (C=O) groups excluding carboxylic acids is 1. The van der Waals surface area contributed by atoms with Gasteiger partial charge in [-0.25, -0.2) is 5.90 Å². The van der Waals surface area contributed by atoms with Crippen molar-refractivity contribution in [2.24, 2.45) is 11.8 Å². The Bertz CT molecular complexity index is 412. The van der Waals surface area contributed by atoms with Gasteiger partial charge in [-0.05, 0) is 37.3 Å². The van der Waals surface area contributed by atoms with Gasteiger partial charge < -0.3 is 9.74 Å². The fraction of sp³-hybridized carbons (Fsp3) is 0.500. The number of benzene rings is 1. The van der Waals surface area contributed by atoms with Gasteiger partial charge >= 0.3 is 0 Å². The number of piperidine rings is 1. The highest BCUT2D eigenvalue weighted by molar-refractivity contribution is 5.95. The molecular weight excluding hydrogens is 228 g/mol. The first kappa shape index (κ1) is 13.1. The minimum Gasteiger partial charge on any atom is -0.339 e. The van der Waals surface area contributed by atoms with Gasteiger partial charge in [0.2, 0.25) is 0 Å². The molecule has 98 valence electrons. The first-order valence-corrected chi connectivity index (χ1v) is 6.39. The topological polar surface area (TPSA) is 55.6 Å². The molecule has 4 nitrogen and oxygen atoms in total. The van der Waals surface area contributed by atoms with Crippen LogP contribution in [0.3, 0.4) is 0 Å². The molecule has 2 rings (SSSR count). The van der Waals surface area contributed by atoms with E-state index in [1.54, 1.807) is 0 Å². The molecule has 0 aliphatic carbocycles. The lowest BCUT2D eigenvalue weighted by atomic mass is 9.97. The molecule has 1 fully saturated rings. The number of aryl methyl sites for hydroxylation is 1. The molecule has 1 aromatic carbocycles. The zero-order valence-corrected chi connectivity index (χ0v) is 10.8.